The summed E-state index contributed by atoms with van der Waals surface area (Å²) in [6.07, 6.45) is -4.53. The van der Waals surface area contributed by atoms with Gasteiger partial charge in [-0.3, -0.25) is 0 Å². The summed E-state index contributed by atoms with van der Waals surface area (Å²) in [5, 5.41) is 4.35. The molecule has 0 aliphatic carbocycles. The van der Waals surface area contributed by atoms with Gasteiger partial charge in [0.2, 0.25) is 0 Å². The van der Waals surface area contributed by atoms with Gasteiger partial charge in [0.05, 0.1) is 5.56 Å². The average molecular weight is 316 g/mol. The Balaban J connectivity index is 2.07. The number of nitrogens with one attached hydrogen (secondary N) is 2. The van der Waals surface area contributed by atoms with Crippen molar-refractivity contribution < 1.29 is 26.7 Å². The molecule has 0 saturated heterocycles. The highest BCUT2D eigenvalue weighted by atomic mass is 19.4. The maximum atomic E-state index is 13.0. The summed E-state index contributed by atoms with van der Waals surface area (Å²) >= 11 is 0. The average Bonchev–Trinajstić information content (AvgIpc) is 2.42. The number of carbonyl (C=O) groups is 1. The van der Waals surface area contributed by atoms with E-state index in [-0.39, 0.29) is 11.4 Å². The molecule has 0 aliphatic heterocycles. The number of amides is 2. The molecule has 22 heavy (non-hydrogen) atoms. The van der Waals surface area contributed by atoms with Gasteiger partial charge >= 0.3 is 12.2 Å². The Hall–Kier alpha value is -2.64. The molecule has 0 spiro atoms. The third-order valence-corrected chi connectivity index (χ3v) is 2.63. The van der Waals surface area contributed by atoms with Crippen LogP contribution in [0.25, 0.3) is 0 Å². The topological polar surface area (TPSA) is 41.1 Å². The lowest BCUT2D eigenvalue weighted by atomic mass is 10.2. The van der Waals surface area contributed by atoms with Crippen LogP contribution in [0, 0.1) is 11.6 Å². The van der Waals surface area contributed by atoms with E-state index in [4.69, 9.17) is 0 Å². The minimum atomic E-state index is -4.53. The van der Waals surface area contributed by atoms with Crippen LogP contribution in [0.2, 0.25) is 0 Å². The van der Waals surface area contributed by atoms with E-state index in [1.54, 1.807) is 0 Å². The second-order valence-electron chi connectivity index (χ2n) is 4.29. The summed E-state index contributed by atoms with van der Waals surface area (Å²) in [5.74, 6) is -2.24. The van der Waals surface area contributed by atoms with Crippen molar-refractivity contribution >= 4 is 17.4 Å². The summed E-state index contributed by atoms with van der Waals surface area (Å²) in [6, 6.07) is 5.81. The molecule has 0 unspecified atom stereocenters. The lowest BCUT2D eigenvalue weighted by Gasteiger charge is -2.11. The van der Waals surface area contributed by atoms with Crippen LogP contribution in [-0.4, -0.2) is 6.03 Å². The van der Waals surface area contributed by atoms with E-state index in [0.29, 0.717) is 0 Å². The number of rotatable bonds is 2. The molecule has 0 aliphatic rings. The van der Waals surface area contributed by atoms with Crippen molar-refractivity contribution in [1.82, 2.24) is 0 Å². The second kappa shape index (κ2) is 6.00. The quantitative estimate of drug-likeness (QED) is 0.779. The van der Waals surface area contributed by atoms with E-state index >= 15 is 0 Å². The fraction of sp³-hybridized carbons (Fsp3) is 0.0714. The molecule has 0 heterocycles. The van der Waals surface area contributed by atoms with Crippen molar-refractivity contribution in [1.29, 1.82) is 0 Å². The zero-order valence-electron chi connectivity index (χ0n) is 10.8. The van der Waals surface area contributed by atoms with Gasteiger partial charge in [-0.25, -0.2) is 13.6 Å². The zero-order valence-corrected chi connectivity index (χ0v) is 10.8. The minimum absolute atomic E-state index is 0.0385. The largest absolute Gasteiger partial charge is 0.416 e. The molecule has 2 rings (SSSR count). The van der Waals surface area contributed by atoms with E-state index in [1.165, 1.54) is 6.07 Å². The molecule has 0 bridgehead atoms. The Morgan fingerprint density at radius 2 is 1.50 bits per heavy atom. The highest BCUT2D eigenvalue weighted by Gasteiger charge is 2.30. The summed E-state index contributed by atoms with van der Waals surface area (Å²) in [5.41, 5.74) is -1.04. The van der Waals surface area contributed by atoms with Gasteiger partial charge in [-0.2, -0.15) is 13.2 Å². The minimum Gasteiger partial charge on any atom is -0.308 e. The van der Waals surface area contributed by atoms with Crippen LogP contribution < -0.4 is 10.6 Å². The molecule has 0 fully saturated rings. The highest BCUT2D eigenvalue weighted by molar-refractivity contribution is 5.99. The number of benzene rings is 2. The van der Waals surface area contributed by atoms with Crippen molar-refractivity contribution in [2.45, 2.75) is 6.18 Å². The fourth-order valence-electron chi connectivity index (χ4n) is 1.64. The van der Waals surface area contributed by atoms with Crippen molar-refractivity contribution in [3.8, 4) is 0 Å². The van der Waals surface area contributed by atoms with Crippen LogP contribution >= 0.6 is 0 Å². The van der Waals surface area contributed by atoms with Gasteiger partial charge in [-0.05, 0) is 30.3 Å². The first-order valence-corrected chi connectivity index (χ1v) is 5.96. The van der Waals surface area contributed by atoms with Crippen LogP contribution in [0.5, 0.6) is 0 Å². The monoisotopic (exact) mass is 316 g/mol. The lowest BCUT2D eigenvalue weighted by Crippen LogP contribution is -2.20. The van der Waals surface area contributed by atoms with Crippen LogP contribution in [0.15, 0.2) is 42.5 Å². The fourth-order valence-corrected chi connectivity index (χ4v) is 1.64. The maximum Gasteiger partial charge on any atom is 0.416 e. The van der Waals surface area contributed by atoms with Gasteiger partial charge in [0, 0.05) is 17.4 Å². The van der Waals surface area contributed by atoms with Gasteiger partial charge in [-0.15, -0.1) is 0 Å². The molecule has 8 heteroatoms. The van der Waals surface area contributed by atoms with E-state index in [2.05, 4.69) is 10.6 Å². The van der Waals surface area contributed by atoms with Gasteiger partial charge in [0.25, 0.3) is 0 Å². The number of hydrogen-bond acceptors (Lipinski definition) is 1. The van der Waals surface area contributed by atoms with Crippen molar-refractivity contribution in [3.63, 3.8) is 0 Å². The molecule has 0 atom stereocenters. The van der Waals surface area contributed by atoms with E-state index in [9.17, 15) is 26.7 Å². The Bertz CT molecular complexity index is 700. The van der Waals surface area contributed by atoms with Gasteiger partial charge in [-0.1, -0.05) is 6.07 Å². The Kier molecular flexibility index (Phi) is 4.30. The number of halogens is 5. The Labute approximate surface area is 121 Å². The molecule has 0 saturated carbocycles. The first-order chi connectivity index (χ1) is 10.3. The van der Waals surface area contributed by atoms with E-state index < -0.39 is 29.4 Å². The van der Waals surface area contributed by atoms with Crippen molar-refractivity contribution in [2.24, 2.45) is 0 Å². The predicted octanol–water partition coefficient (Wildman–Crippen LogP) is 4.63. The molecule has 2 N–H and O–H groups in total. The summed E-state index contributed by atoms with van der Waals surface area (Å²) in [6.45, 7) is 0. The van der Waals surface area contributed by atoms with Crippen molar-refractivity contribution in [3.05, 3.63) is 59.7 Å². The number of anilines is 2. The van der Waals surface area contributed by atoms with E-state index in [1.807, 2.05) is 0 Å². The predicted molar refractivity (Wildman–Crippen MR) is 70.4 cm³/mol. The molecular formula is C14H9F5N2O. The number of alkyl halides is 3. The summed E-state index contributed by atoms with van der Waals surface area (Å²) < 4.78 is 63.3. The van der Waals surface area contributed by atoms with E-state index in [0.717, 1.165) is 36.4 Å². The van der Waals surface area contributed by atoms with Gasteiger partial charge < -0.3 is 10.6 Å². The first kappa shape index (κ1) is 15.7. The third-order valence-electron chi connectivity index (χ3n) is 2.63. The number of carbonyl (C=O) groups excluding carboxylic acids is 1. The molecule has 2 amide bonds. The third kappa shape index (κ3) is 3.94. The van der Waals surface area contributed by atoms with Crippen LogP contribution in [0.4, 0.5) is 38.1 Å². The molecule has 0 radical (unpaired) electrons. The van der Waals surface area contributed by atoms with Gasteiger partial charge in [0.1, 0.15) is 0 Å². The Morgan fingerprint density at radius 3 is 2.09 bits per heavy atom. The molecule has 2 aromatic carbocycles. The summed E-state index contributed by atoms with van der Waals surface area (Å²) in [4.78, 5) is 11.6. The van der Waals surface area contributed by atoms with Crippen LogP contribution in [0.1, 0.15) is 5.56 Å². The molecule has 116 valence electrons. The SMILES string of the molecule is O=C(Nc1cccc(C(F)(F)F)c1)Nc1ccc(F)c(F)c1. The zero-order chi connectivity index (χ0) is 16.3. The first-order valence-electron chi connectivity index (χ1n) is 5.96. The van der Waals surface area contributed by atoms with Gasteiger partial charge in [0.15, 0.2) is 11.6 Å². The smallest absolute Gasteiger partial charge is 0.308 e. The maximum absolute atomic E-state index is 13.0. The molecular weight excluding hydrogens is 307 g/mol. The lowest BCUT2D eigenvalue weighted by molar-refractivity contribution is -0.137. The van der Waals surface area contributed by atoms with Crippen LogP contribution in [0.3, 0.4) is 0 Å². The highest BCUT2D eigenvalue weighted by Crippen LogP contribution is 2.30. The second-order valence-corrected chi connectivity index (χ2v) is 4.29. The molecule has 0 aromatic heterocycles. The van der Waals surface area contributed by atoms with Crippen LogP contribution in [-0.2, 0) is 6.18 Å². The molecule has 2 aromatic rings. The number of urea groups is 1. The van der Waals surface area contributed by atoms with Crippen molar-refractivity contribution in [2.75, 3.05) is 10.6 Å². The summed E-state index contributed by atoms with van der Waals surface area (Å²) in [7, 11) is 0. The molecule has 3 nitrogen and oxygen atoms in total. The standard InChI is InChI=1S/C14H9F5N2O/c15-11-5-4-10(7-12(11)16)21-13(22)20-9-3-1-2-8(6-9)14(17,18)19/h1-7H,(H2,20,21,22). The number of hydrogen-bond donors (Lipinski definition) is 2. The Morgan fingerprint density at radius 1 is 0.864 bits per heavy atom. The normalized spacial score (nSPS) is 11.1.